The third-order valence-electron chi connectivity index (χ3n) is 2.16. The highest BCUT2D eigenvalue weighted by atomic mass is 16.2. The minimum Gasteiger partial charge on any atom is -0.356 e. The molecule has 1 aliphatic rings. The van der Waals surface area contributed by atoms with E-state index in [2.05, 4.69) is 20.7 Å². The Morgan fingerprint density at radius 1 is 1.73 bits per heavy atom. The molecule has 0 saturated carbocycles. The van der Waals surface area contributed by atoms with Gasteiger partial charge in [-0.25, -0.2) is 4.68 Å². The summed E-state index contributed by atoms with van der Waals surface area (Å²) in [4.78, 5) is 26.6. The molecule has 7 heteroatoms. The second kappa shape index (κ2) is 3.68. The summed E-state index contributed by atoms with van der Waals surface area (Å²) in [5.74, 6) is -0.00727. The Balaban J connectivity index is 2.10. The number of nitrogens with one attached hydrogen (secondary N) is 2. The van der Waals surface area contributed by atoms with E-state index in [1.165, 1.54) is 11.0 Å². The molecule has 2 rings (SSSR count). The van der Waals surface area contributed by atoms with Crippen LogP contribution in [0.1, 0.15) is 19.4 Å². The Morgan fingerprint density at radius 3 is 3.27 bits per heavy atom. The van der Waals surface area contributed by atoms with E-state index < -0.39 is 6.04 Å². The molecule has 1 aromatic rings. The van der Waals surface area contributed by atoms with Gasteiger partial charge in [0, 0.05) is 6.54 Å². The summed E-state index contributed by atoms with van der Waals surface area (Å²) in [6.07, 6.45) is 1.44. The van der Waals surface area contributed by atoms with Crippen molar-refractivity contribution in [2.75, 3.05) is 11.9 Å². The SMILES string of the molecule is CCNC(=O)C[C@@H]1C(=O)Nc2ncnn21. The molecular weight excluding hydrogens is 198 g/mol. The van der Waals surface area contributed by atoms with Crippen molar-refractivity contribution in [1.82, 2.24) is 20.1 Å². The van der Waals surface area contributed by atoms with Gasteiger partial charge in [0.25, 0.3) is 5.91 Å². The van der Waals surface area contributed by atoms with Gasteiger partial charge in [-0.15, -0.1) is 0 Å². The van der Waals surface area contributed by atoms with Crippen molar-refractivity contribution in [3.63, 3.8) is 0 Å². The highest BCUT2D eigenvalue weighted by molar-refractivity contribution is 5.98. The zero-order chi connectivity index (χ0) is 10.8. The summed E-state index contributed by atoms with van der Waals surface area (Å²) in [5.41, 5.74) is 0. The first-order chi connectivity index (χ1) is 7.22. The Kier molecular flexibility index (Phi) is 2.36. The van der Waals surface area contributed by atoms with Crippen LogP contribution in [0.15, 0.2) is 6.33 Å². The molecule has 2 N–H and O–H groups in total. The third-order valence-corrected chi connectivity index (χ3v) is 2.16. The van der Waals surface area contributed by atoms with Crippen LogP contribution in [0.4, 0.5) is 5.95 Å². The number of anilines is 1. The lowest BCUT2D eigenvalue weighted by Crippen LogP contribution is -2.28. The number of carbonyl (C=O) groups excluding carboxylic acids is 2. The summed E-state index contributed by atoms with van der Waals surface area (Å²) in [7, 11) is 0. The van der Waals surface area contributed by atoms with Crippen molar-refractivity contribution < 1.29 is 9.59 Å². The quantitative estimate of drug-likeness (QED) is 0.688. The van der Waals surface area contributed by atoms with Gasteiger partial charge >= 0.3 is 0 Å². The molecule has 0 radical (unpaired) electrons. The van der Waals surface area contributed by atoms with Crippen LogP contribution in [0.3, 0.4) is 0 Å². The van der Waals surface area contributed by atoms with E-state index in [9.17, 15) is 9.59 Å². The molecule has 15 heavy (non-hydrogen) atoms. The van der Waals surface area contributed by atoms with Crippen LogP contribution < -0.4 is 10.6 Å². The fourth-order valence-electron chi connectivity index (χ4n) is 1.50. The predicted octanol–water partition coefficient (Wildman–Crippen LogP) is -0.703. The minimum absolute atomic E-state index is 0.0933. The van der Waals surface area contributed by atoms with Crippen LogP contribution in [0.25, 0.3) is 0 Å². The molecular formula is C8H11N5O2. The number of aromatic nitrogens is 3. The lowest BCUT2D eigenvalue weighted by atomic mass is 10.2. The van der Waals surface area contributed by atoms with Crippen molar-refractivity contribution in [1.29, 1.82) is 0 Å². The van der Waals surface area contributed by atoms with Crippen LogP contribution in [0.5, 0.6) is 0 Å². The lowest BCUT2D eigenvalue weighted by molar-refractivity contribution is -0.126. The van der Waals surface area contributed by atoms with Gasteiger partial charge in [-0.2, -0.15) is 10.1 Å². The van der Waals surface area contributed by atoms with E-state index in [-0.39, 0.29) is 18.2 Å². The number of amides is 2. The standard InChI is InChI=1S/C8H11N5O2/c1-2-9-6(14)3-5-7(15)12-8-10-4-11-13(5)8/h4-5H,2-3H2,1H3,(H,9,14)(H,10,11,12,15)/t5-/m1/s1. The molecule has 0 aromatic carbocycles. The minimum atomic E-state index is -0.575. The van der Waals surface area contributed by atoms with Gasteiger partial charge in [0.05, 0.1) is 6.42 Å². The van der Waals surface area contributed by atoms with Crippen LogP contribution in [-0.2, 0) is 9.59 Å². The summed E-state index contributed by atoms with van der Waals surface area (Å²) >= 11 is 0. The number of carbonyl (C=O) groups is 2. The lowest BCUT2D eigenvalue weighted by Gasteiger charge is -2.07. The van der Waals surface area contributed by atoms with Crippen LogP contribution in [0.2, 0.25) is 0 Å². The Hall–Kier alpha value is -1.92. The maximum absolute atomic E-state index is 11.4. The zero-order valence-corrected chi connectivity index (χ0v) is 8.23. The zero-order valence-electron chi connectivity index (χ0n) is 8.23. The van der Waals surface area contributed by atoms with Gasteiger partial charge in [0.1, 0.15) is 12.4 Å². The van der Waals surface area contributed by atoms with Gasteiger partial charge in [0.15, 0.2) is 0 Å². The van der Waals surface area contributed by atoms with Crippen molar-refractivity contribution in [2.24, 2.45) is 0 Å². The third kappa shape index (κ3) is 1.67. The molecule has 2 amide bonds. The fourth-order valence-corrected chi connectivity index (χ4v) is 1.50. The predicted molar refractivity (Wildman–Crippen MR) is 51.0 cm³/mol. The van der Waals surface area contributed by atoms with Gasteiger partial charge in [-0.3, -0.25) is 14.9 Å². The maximum atomic E-state index is 11.4. The Labute approximate surface area is 85.9 Å². The van der Waals surface area contributed by atoms with E-state index in [0.717, 1.165) is 0 Å². The topological polar surface area (TPSA) is 88.9 Å². The van der Waals surface area contributed by atoms with Gasteiger partial charge in [0.2, 0.25) is 11.9 Å². The molecule has 1 aromatic heterocycles. The first-order valence-corrected chi connectivity index (χ1v) is 4.69. The molecule has 0 spiro atoms. The number of fused-ring (bicyclic) bond motifs is 1. The molecule has 0 saturated heterocycles. The molecule has 0 fully saturated rings. The smallest absolute Gasteiger partial charge is 0.252 e. The number of nitrogens with zero attached hydrogens (tertiary/aromatic N) is 3. The number of hydrogen-bond acceptors (Lipinski definition) is 4. The van der Waals surface area contributed by atoms with Crippen molar-refractivity contribution >= 4 is 17.8 Å². The normalized spacial score (nSPS) is 18.5. The van der Waals surface area contributed by atoms with Gasteiger partial charge in [-0.1, -0.05) is 0 Å². The average Bonchev–Trinajstić information content (AvgIpc) is 2.71. The molecule has 1 atom stereocenters. The van der Waals surface area contributed by atoms with E-state index in [1.54, 1.807) is 0 Å². The van der Waals surface area contributed by atoms with Gasteiger partial charge < -0.3 is 5.32 Å². The summed E-state index contributed by atoms with van der Waals surface area (Å²) < 4.78 is 1.43. The number of hydrogen-bond donors (Lipinski definition) is 2. The highest BCUT2D eigenvalue weighted by Gasteiger charge is 2.33. The summed E-state index contributed by atoms with van der Waals surface area (Å²) in [6, 6.07) is -0.575. The molecule has 7 nitrogen and oxygen atoms in total. The number of rotatable bonds is 3. The molecule has 80 valence electrons. The first kappa shape index (κ1) is 9.63. The maximum Gasteiger partial charge on any atom is 0.252 e. The van der Waals surface area contributed by atoms with E-state index in [0.29, 0.717) is 12.5 Å². The van der Waals surface area contributed by atoms with Crippen LogP contribution in [-0.4, -0.2) is 33.1 Å². The fraction of sp³-hybridized carbons (Fsp3) is 0.500. The van der Waals surface area contributed by atoms with Crippen LogP contribution >= 0.6 is 0 Å². The van der Waals surface area contributed by atoms with Crippen molar-refractivity contribution in [3.05, 3.63) is 6.33 Å². The van der Waals surface area contributed by atoms with Crippen molar-refractivity contribution in [3.8, 4) is 0 Å². The summed E-state index contributed by atoms with van der Waals surface area (Å²) in [5, 5.41) is 9.06. The largest absolute Gasteiger partial charge is 0.356 e. The molecule has 2 heterocycles. The van der Waals surface area contributed by atoms with E-state index in [1.807, 2.05) is 6.92 Å². The molecule has 0 unspecified atom stereocenters. The second-order valence-electron chi connectivity index (χ2n) is 3.19. The monoisotopic (exact) mass is 209 g/mol. The second-order valence-corrected chi connectivity index (χ2v) is 3.19. The van der Waals surface area contributed by atoms with Gasteiger partial charge in [-0.05, 0) is 6.92 Å². The summed E-state index contributed by atoms with van der Waals surface area (Å²) in [6.45, 7) is 2.38. The van der Waals surface area contributed by atoms with Crippen molar-refractivity contribution in [2.45, 2.75) is 19.4 Å². The molecule has 1 aliphatic heterocycles. The average molecular weight is 209 g/mol. The Morgan fingerprint density at radius 2 is 2.53 bits per heavy atom. The Bertz CT molecular complexity index is 399. The first-order valence-electron chi connectivity index (χ1n) is 4.69. The van der Waals surface area contributed by atoms with E-state index >= 15 is 0 Å². The van der Waals surface area contributed by atoms with E-state index in [4.69, 9.17) is 0 Å². The highest BCUT2D eigenvalue weighted by Crippen LogP contribution is 2.23. The molecule has 0 aliphatic carbocycles. The molecule has 0 bridgehead atoms. The van der Waals surface area contributed by atoms with Crippen LogP contribution in [0, 0.1) is 0 Å².